The Morgan fingerprint density at radius 1 is 1.44 bits per heavy atom. The van der Waals surface area contributed by atoms with Crippen molar-refractivity contribution in [2.24, 2.45) is 5.10 Å². The van der Waals surface area contributed by atoms with E-state index in [9.17, 15) is 0 Å². The molecule has 0 fully saturated rings. The van der Waals surface area contributed by atoms with Gasteiger partial charge in [0.05, 0.1) is 12.3 Å². The summed E-state index contributed by atoms with van der Waals surface area (Å²) in [5, 5.41) is 4.28. The van der Waals surface area contributed by atoms with Crippen LogP contribution in [-0.2, 0) is 16.3 Å². The van der Waals surface area contributed by atoms with Crippen LogP contribution in [0.3, 0.4) is 0 Å². The lowest BCUT2D eigenvalue weighted by Gasteiger charge is -2.32. The van der Waals surface area contributed by atoms with Crippen LogP contribution >= 0.6 is 6.64 Å². The van der Waals surface area contributed by atoms with E-state index in [1.54, 1.807) is 11.8 Å². The van der Waals surface area contributed by atoms with Crippen LogP contribution in [0.15, 0.2) is 35.4 Å². The SMILES string of the molecule is CC1=NN(C)P(=S)(Oc2ccccc2)OC1. The van der Waals surface area contributed by atoms with Crippen LogP contribution in [-0.4, -0.2) is 24.1 Å². The largest absolute Gasteiger partial charge is 0.428 e. The monoisotopic (exact) mass is 256 g/mol. The molecule has 1 heterocycles. The molecule has 1 unspecified atom stereocenters. The highest BCUT2D eigenvalue weighted by atomic mass is 32.5. The van der Waals surface area contributed by atoms with Crippen LogP contribution in [0.1, 0.15) is 6.92 Å². The summed E-state index contributed by atoms with van der Waals surface area (Å²) in [6.07, 6.45) is 0. The Bertz CT molecular complexity index is 449. The average molecular weight is 256 g/mol. The van der Waals surface area contributed by atoms with Gasteiger partial charge < -0.3 is 4.52 Å². The van der Waals surface area contributed by atoms with E-state index < -0.39 is 6.64 Å². The molecule has 2 rings (SSSR count). The summed E-state index contributed by atoms with van der Waals surface area (Å²) in [6.45, 7) is -0.145. The molecule has 16 heavy (non-hydrogen) atoms. The molecule has 0 N–H and O–H groups in total. The Kier molecular flexibility index (Phi) is 3.28. The van der Waals surface area contributed by atoms with E-state index in [0.29, 0.717) is 12.4 Å². The summed E-state index contributed by atoms with van der Waals surface area (Å²) >= 11 is 5.40. The van der Waals surface area contributed by atoms with E-state index >= 15 is 0 Å². The molecule has 0 amide bonds. The Labute approximate surface area is 100 Å². The first-order valence-electron chi connectivity index (χ1n) is 4.88. The topological polar surface area (TPSA) is 34.1 Å². The van der Waals surface area contributed by atoms with Crippen LogP contribution in [0, 0.1) is 0 Å². The molecule has 1 aromatic carbocycles. The maximum Gasteiger partial charge on any atom is 0.358 e. The predicted octanol–water partition coefficient (Wildman–Crippen LogP) is 2.63. The Hall–Kier alpha value is -0.900. The van der Waals surface area contributed by atoms with E-state index in [2.05, 4.69) is 5.10 Å². The van der Waals surface area contributed by atoms with E-state index in [1.807, 2.05) is 37.3 Å². The molecule has 0 bridgehead atoms. The maximum atomic E-state index is 5.73. The highest BCUT2D eigenvalue weighted by Gasteiger charge is 2.30. The summed E-state index contributed by atoms with van der Waals surface area (Å²) in [5.74, 6) is 0.715. The number of nitrogens with zero attached hydrogens (tertiary/aromatic N) is 2. The Balaban J connectivity index is 2.19. The van der Waals surface area contributed by atoms with Gasteiger partial charge >= 0.3 is 6.64 Å². The number of hydrogen-bond donors (Lipinski definition) is 0. The molecular weight excluding hydrogens is 243 g/mol. The molecule has 0 radical (unpaired) electrons. The second-order valence-corrected chi connectivity index (χ2v) is 6.81. The second-order valence-electron chi connectivity index (χ2n) is 3.47. The smallest absolute Gasteiger partial charge is 0.358 e. The van der Waals surface area contributed by atoms with Gasteiger partial charge in [0, 0.05) is 18.9 Å². The molecule has 1 aliphatic heterocycles. The summed E-state index contributed by atoms with van der Waals surface area (Å²) in [7, 11) is 1.78. The third kappa shape index (κ3) is 2.43. The zero-order chi connectivity index (χ0) is 11.6. The third-order valence-corrected chi connectivity index (χ3v) is 5.01. The zero-order valence-electron chi connectivity index (χ0n) is 9.16. The molecule has 0 saturated carbocycles. The molecule has 0 aliphatic carbocycles. The normalized spacial score (nSPS) is 25.1. The molecule has 0 saturated heterocycles. The highest BCUT2D eigenvalue weighted by molar-refractivity contribution is 8.08. The van der Waals surface area contributed by atoms with Crippen molar-refractivity contribution in [1.29, 1.82) is 0 Å². The Morgan fingerprint density at radius 2 is 2.12 bits per heavy atom. The van der Waals surface area contributed by atoms with Gasteiger partial charge in [-0.05, 0) is 19.1 Å². The lowest BCUT2D eigenvalue weighted by Crippen LogP contribution is -2.24. The summed E-state index contributed by atoms with van der Waals surface area (Å²) in [6, 6.07) is 9.44. The highest BCUT2D eigenvalue weighted by Crippen LogP contribution is 2.52. The number of hydrazone groups is 1. The van der Waals surface area contributed by atoms with Gasteiger partial charge in [-0.15, -0.1) is 0 Å². The van der Waals surface area contributed by atoms with Gasteiger partial charge in [-0.2, -0.15) is 5.10 Å². The predicted molar refractivity (Wildman–Crippen MR) is 68.2 cm³/mol. The Morgan fingerprint density at radius 3 is 2.75 bits per heavy atom. The van der Waals surface area contributed by atoms with E-state index in [-0.39, 0.29) is 0 Å². The number of benzene rings is 1. The standard InChI is InChI=1S/C10H13N2O2PS/c1-9-8-13-15(16,12(2)11-9)14-10-6-4-3-5-7-10/h3-7H,8H2,1-2H3. The van der Waals surface area contributed by atoms with Gasteiger partial charge in [0.15, 0.2) is 0 Å². The first-order valence-corrected chi connectivity index (χ1v) is 7.47. The summed E-state index contributed by atoms with van der Waals surface area (Å²) in [5.41, 5.74) is 0.902. The van der Waals surface area contributed by atoms with Crippen LogP contribution < -0.4 is 4.52 Å². The average Bonchev–Trinajstić information content (AvgIpc) is 2.26. The van der Waals surface area contributed by atoms with Crippen LogP contribution in [0.25, 0.3) is 0 Å². The second kappa shape index (κ2) is 4.53. The fourth-order valence-corrected chi connectivity index (χ4v) is 3.15. The third-order valence-electron chi connectivity index (χ3n) is 2.07. The summed E-state index contributed by atoms with van der Waals surface area (Å²) < 4.78 is 12.9. The van der Waals surface area contributed by atoms with Gasteiger partial charge in [0.25, 0.3) is 0 Å². The quantitative estimate of drug-likeness (QED) is 0.762. The van der Waals surface area contributed by atoms with Crippen molar-refractivity contribution < 1.29 is 9.05 Å². The maximum absolute atomic E-state index is 5.73. The molecule has 0 aromatic heterocycles. The lowest BCUT2D eigenvalue weighted by molar-refractivity contribution is 0.290. The van der Waals surface area contributed by atoms with Gasteiger partial charge in [0.2, 0.25) is 0 Å². The van der Waals surface area contributed by atoms with Crippen LogP contribution in [0.4, 0.5) is 0 Å². The van der Waals surface area contributed by atoms with Crippen molar-refractivity contribution in [1.82, 2.24) is 4.78 Å². The summed E-state index contributed by atoms with van der Waals surface area (Å²) in [4.78, 5) is 0. The van der Waals surface area contributed by atoms with Crippen molar-refractivity contribution >= 4 is 24.2 Å². The van der Waals surface area contributed by atoms with Crippen LogP contribution in [0.2, 0.25) is 0 Å². The van der Waals surface area contributed by atoms with E-state index in [1.165, 1.54) is 0 Å². The van der Waals surface area contributed by atoms with Gasteiger partial charge in [-0.1, -0.05) is 18.2 Å². The molecular formula is C10H13N2O2PS. The molecule has 0 spiro atoms. The molecule has 1 aromatic rings. The van der Waals surface area contributed by atoms with Crippen molar-refractivity contribution in [3.05, 3.63) is 30.3 Å². The zero-order valence-corrected chi connectivity index (χ0v) is 10.9. The van der Waals surface area contributed by atoms with Crippen molar-refractivity contribution in [2.45, 2.75) is 6.92 Å². The minimum absolute atomic E-state index is 0.439. The van der Waals surface area contributed by atoms with Crippen LogP contribution in [0.5, 0.6) is 5.75 Å². The van der Waals surface area contributed by atoms with Crippen molar-refractivity contribution in [3.8, 4) is 5.75 Å². The van der Waals surface area contributed by atoms with Crippen molar-refractivity contribution in [3.63, 3.8) is 0 Å². The van der Waals surface area contributed by atoms with Gasteiger partial charge in [0.1, 0.15) is 5.75 Å². The van der Waals surface area contributed by atoms with E-state index in [0.717, 1.165) is 5.71 Å². The van der Waals surface area contributed by atoms with Gasteiger partial charge in [-0.3, -0.25) is 4.52 Å². The number of para-hydroxylation sites is 1. The van der Waals surface area contributed by atoms with E-state index in [4.69, 9.17) is 20.9 Å². The van der Waals surface area contributed by atoms with Gasteiger partial charge in [-0.25, -0.2) is 4.78 Å². The minimum atomic E-state index is -2.48. The molecule has 1 atom stereocenters. The van der Waals surface area contributed by atoms with Crippen molar-refractivity contribution in [2.75, 3.05) is 13.7 Å². The molecule has 4 nitrogen and oxygen atoms in total. The molecule has 6 heteroatoms. The number of rotatable bonds is 2. The number of hydrogen-bond acceptors (Lipinski definition) is 4. The lowest BCUT2D eigenvalue weighted by atomic mass is 10.3. The first-order chi connectivity index (χ1) is 7.60. The molecule has 1 aliphatic rings. The fraction of sp³-hybridized carbons (Fsp3) is 0.300. The molecule has 86 valence electrons. The minimum Gasteiger partial charge on any atom is -0.428 e. The first kappa shape index (κ1) is 11.6. The fourth-order valence-electron chi connectivity index (χ4n) is 1.29.